The van der Waals surface area contributed by atoms with Crippen LogP contribution in [-0.4, -0.2) is 35.7 Å². The molecule has 1 aromatic heterocycles. The van der Waals surface area contributed by atoms with Crippen molar-refractivity contribution in [3.8, 4) is 22.8 Å². The second-order valence-electron chi connectivity index (χ2n) is 8.02. The standard InChI is InChI=1S/C25H25N3O3/c29-25(27-21-7-8-23-24(15-21)31-17-30-23)19-9-12-28(13-10-19)16-18-4-3-5-20(14-18)22-6-1-2-11-26-22/h1-8,11,14-15,19H,9-10,12-13,16-17H2,(H,27,29). The van der Waals surface area contributed by atoms with Crippen LogP contribution in [0.15, 0.2) is 66.9 Å². The summed E-state index contributed by atoms with van der Waals surface area (Å²) in [6.45, 7) is 2.94. The monoisotopic (exact) mass is 415 g/mol. The van der Waals surface area contributed by atoms with Gasteiger partial charge in [-0.2, -0.15) is 0 Å². The molecule has 3 heterocycles. The number of benzene rings is 2. The number of carbonyl (C=O) groups excluding carboxylic acids is 1. The fraction of sp³-hybridized carbons (Fsp3) is 0.280. The van der Waals surface area contributed by atoms with Crippen LogP contribution in [0, 0.1) is 5.92 Å². The van der Waals surface area contributed by atoms with Crippen LogP contribution in [0.2, 0.25) is 0 Å². The zero-order valence-corrected chi connectivity index (χ0v) is 17.3. The molecule has 1 N–H and O–H groups in total. The highest BCUT2D eigenvalue weighted by Gasteiger charge is 2.25. The Morgan fingerprint density at radius 2 is 1.87 bits per heavy atom. The second-order valence-corrected chi connectivity index (χ2v) is 8.02. The Bertz CT molecular complexity index is 1060. The largest absolute Gasteiger partial charge is 0.454 e. The molecule has 6 heteroatoms. The molecule has 2 aromatic carbocycles. The van der Waals surface area contributed by atoms with Crippen LogP contribution in [-0.2, 0) is 11.3 Å². The van der Waals surface area contributed by atoms with Gasteiger partial charge in [-0.3, -0.25) is 14.7 Å². The maximum absolute atomic E-state index is 12.7. The lowest BCUT2D eigenvalue weighted by atomic mass is 9.95. The molecule has 158 valence electrons. The third kappa shape index (κ3) is 4.54. The maximum Gasteiger partial charge on any atom is 0.231 e. The van der Waals surface area contributed by atoms with E-state index in [0.717, 1.165) is 55.2 Å². The zero-order valence-electron chi connectivity index (χ0n) is 17.3. The molecule has 0 spiro atoms. The number of amides is 1. The highest BCUT2D eigenvalue weighted by molar-refractivity contribution is 5.93. The van der Waals surface area contributed by atoms with E-state index in [9.17, 15) is 4.79 Å². The molecule has 5 rings (SSSR count). The van der Waals surface area contributed by atoms with Crippen LogP contribution in [0.4, 0.5) is 5.69 Å². The lowest BCUT2D eigenvalue weighted by Crippen LogP contribution is -2.37. The molecule has 3 aromatic rings. The number of piperidine rings is 1. The molecule has 1 amide bonds. The van der Waals surface area contributed by atoms with Crippen molar-refractivity contribution in [2.45, 2.75) is 19.4 Å². The highest BCUT2D eigenvalue weighted by atomic mass is 16.7. The van der Waals surface area contributed by atoms with E-state index in [0.29, 0.717) is 5.75 Å². The summed E-state index contributed by atoms with van der Waals surface area (Å²) in [6.07, 6.45) is 3.54. The molecule has 1 saturated heterocycles. The van der Waals surface area contributed by atoms with Crippen LogP contribution in [0.1, 0.15) is 18.4 Å². The number of hydrogen-bond donors (Lipinski definition) is 1. The van der Waals surface area contributed by atoms with Gasteiger partial charge in [-0.25, -0.2) is 0 Å². The van der Waals surface area contributed by atoms with Crippen molar-refractivity contribution in [2.75, 3.05) is 25.2 Å². The predicted octanol–water partition coefficient (Wildman–Crippen LogP) is 4.33. The molecular formula is C25H25N3O3. The lowest BCUT2D eigenvalue weighted by Gasteiger charge is -2.31. The van der Waals surface area contributed by atoms with E-state index in [4.69, 9.17) is 9.47 Å². The van der Waals surface area contributed by atoms with Gasteiger partial charge in [-0.1, -0.05) is 24.3 Å². The van der Waals surface area contributed by atoms with Crippen molar-refractivity contribution < 1.29 is 14.3 Å². The highest BCUT2D eigenvalue weighted by Crippen LogP contribution is 2.34. The minimum Gasteiger partial charge on any atom is -0.454 e. The van der Waals surface area contributed by atoms with Gasteiger partial charge in [0.2, 0.25) is 12.7 Å². The van der Waals surface area contributed by atoms with Gasteiger partial charge in [0.05, 0.1) is 5.69 Å². The Balaban J connectivity index is 1.15. The number of nitrogens with zero attached hydrogens (tertiary/aromatic N) is 2. The third-order valence-corrected chi connectivity index (χ3v) is 5.89. The second kappa shape index (κ2) is 8.78. The van der Waals surface area contributed by atoms with Crippen LogP contribution < -0.4 is 14.8 Å². The van der Waals surface area contributed by atoms with Gasteiger partial charge in [0.1, 0.15) is 0 Å². The summed E-state index contributed by atoms with van der Waals surface area (Å²) in [7, 11) is 0. The summed E-state index contributed by atoms with van der Waals surface area (Å²) in [4.78, 5) is 19.6. The Labute approximate surface area is 181 Å². The SMILES string of the molecule is O=C(Nc1ccc2c(c1)OCO2)C1CCN(Cc2cccc(-c3ccccn3)c2)CC1. The molecule has 0 atom stereocenters. The summed E-state index contributed by atoms with van der Waals surface area (Å²) in [6, 6.07) is 20.0. The number of fused-ring (bicyclic) bond motifs is 1. The van der Waals surface area contributed by atoms with Crippen LogP contribution in [0.5, 0.6) is 11.5 Å². The van der Waals surface area contributed by atoms with Crippen molar-refractivity contribution in [1.82, 2.24) is 9.88 Å². The van der Waals surface area contributed by atoms with Crippen LogP contribution in [0.3, 0.4) is 0 Å². The summed E-state index contributed by atoms with van der Waals surface area (Å²) in [5, 5.41) is 3.03. The smallest absolute Gasteiger partial charge is 0.231 e. The number of anilines is 1. The van der Waals surface area contributed by atoms with Gasteiger partial charge < -0.3 is 14.8 Å². The van der Waals surface area contributed by atoms with Crippen LogP contribution >= 0.6 is 0 Å². The topological polar surface area (TPSA) is 63.7 Å². The molecule has 6 nitrogen and oxygen atoms in total. The molecule has 0 unspecified atom stereocenters. The van der Waals surface area contributed by atoms with Crippen molar-refractivity contribution in [2.24, 2.45) is 5.92 Å². The number of likely N-dealkylation sites (tertiary alicyclic amines) is 1. The van der Waals surface area contributed by atoms with E-state index in [1.54, 1.807) is 0 Å². The molecule has 31 heavy (non-hydrogen) atoms. The van der Waals surface area contributed by atoms with E-state index in [1.807, 2.05) is 42.6 Å². The van der Waals surface area contributed by atoms with E-state index in [2.05, 4.69) is 39.5 Å². The van der Waals surface area contributed by atoms with Crippen molar-refractivity contribution in [3.05, 3.63) is 72.4 Å². The van der Waals surface area contributed by atoms with Gasteiger partial charge >= 0.3 is 0 Å². The molecule has 0 aliphatic carbocycles. The van der Waals surface area contributed by atoms with Gasteiger partial charge in [-0.05, 0) is 61.8 Å². The van der Waals surface area contributed by atoms with Crippen molar-refractivity contribution in [1.29, 1.82) is 0 Å². The van der Waals surface area contributed by atoms with E-state index in [-0.39, 0.29) is 18.6 Å². The summed E-state index contributed by atoms with van der Waals surface area (Å²) < 4.78 is 10.7. The first-order chi connectivity index (χ1) is 15.2. The Morgan fingerprint density at radius 3 is 2.71 bits per heavy atom. The van der Waals surface area contributed by atoms with Gasteiger partial charge in [0.25, 0.3) is 0 Å². The Hall–Kier alpha value is -3.38. The number of hydrogen-bond acceptors (Lipinski definition) is 5. The molecule has 0 radical (unpaired) electrons. The fourth-order valence-electron chi connectivity index (χ4n) is 4.19. The number of ether oxygens (including phenoxy) is 2. The quantitative estimate of drug-likeness (QED) is 0.672. The number of nitrogens with one attached hydrogen (secondary N) is 1. The fourth-order valence-corrected chi connectivity index (χ4v) is 4.19. The molecule has 2 aliphatic rings. The first kappa shape index (κ1) is 19.6. The third-order valence-electron chi connectivity index (χ3n) is 5.89. The average molecular weight is 415 g/mol. The summed E-state index contributed by atoms with van der Waals surface area (Å²) in [5.41, 5.74) is 4.15. The van der Waals surface area contributed by atoms with E-state index < -0.39 is 0 Å². The summed E-state index contributed by atoms with van der Waals surface area (Å²) >= 11 is 0. The van der Waals surface area contributed by atoms with Gasteiger partial charge in [-0.15, -0.1) is 0 Å². The zero-order chi connectivity index (χ0) is 21.0. The molecular weight excluding hydrogens is 390 g/mol. The van der Waals surface area contributed by atoms with E-state index in [1.165, 1.54) is 5.56 Å². The Kier molecular flexibility index (Phi) is 5.54. The predicted molar refractivity (Wildman–Crippen MR) is 119 cm³/mol. The number of carbonyl (C=O) groups is 1. The van der Waals surface area contributed by atoms with Crippen molar-refractivity contribution >= 4 is 11.6 Å². The first-order valence-electron chi connectivity index (χ1n) is 10.7. The summed E-state index contributed by atoms with van der Waals surface area (Å²) in [5.74, 6) is 1.51. The van der Waals surface area contributed by atoms with Gasteiger partial charge in [0.15, 0.2) is 11.5 Å². The number of pyridine rings is 1. The number of aromatic nitrogens is 1. The van der Waals surface area contributed by atoms with Gasteiger partial charge in [0, 0.05) is 36.0 Å². The molecule has 1 fully saturated rings. The number of rotatable bonds is 5. The van der Waals surface area contributed by atoms with Crippen LogP contribution in [0.25, 0.3) is 11.3 Å². The van der Waals surface area contributed by atoms with E-state index >= 15 is 0 Å². The molecule has 0 bridgehead atoms. The first-order valence-corrected chi connectivity index (χ1v) is 10.7. The maximum atomic E-state index is 12.7. The normalized spacial score (nSPS) is 16.3. The minimum absolute atomic E-state index is 0.0292. The Morgan fingerprint density at radius 1 is 1.00 bits per heavy atom. The van der Waals surface area contributed by atoms with Crippen molar-refractivity contribution in [3.63, 3.8) is 0 Å². The average Bonchev–Trinajstić information content (AvgIpc) is 3.28. The minimum atomic E-state index is 0.0292. The molecule has 0 saturated carbocycles. The molecule has 2 aliphatic heterocycles. The lowest BCUT2D eigenvalue weighted by molar-refractivity contribution is -0.121.